The number of hydrogen-bond acceptors (Lipinski definition) is 5. The second kappa shape index (κ2) is 6.12. The smallest absolute Gasteiger partial charge is 0.328 e. The van der Waals surface area contributed by atoms with E-state index < -0.39 is 18.1 Å². The second-order valence-corrected chi connectivity index (χ2v) is 3.44. The lowest BCUT2D eigenvalue weighted by Crippen LogP contribution is -2.36. The fraction of sp³-hybridized carbons (Fsp3) is 0.600. The van der Waals surface area contributed by atoms with E-state index >= 15 is 0 Å². The SMILES string of the molecule is C=COCC(O)COC(=O)[C@@H]1CCC(=O)N1. The van der Waals surface area contributed by atoms with Gasteiger partial charge in [-0.05, 0) is 6.42 Å². The number of amides is 1. The van der Waals surface area contributed by atoms with Crippen molar-refractivity contribution in [3.05, 3.63) is 12.8 Å². The molecule has 1 saturated heterocycles. The van der Waals surface area contributed by atoms with E-state index in [9.17, 15) is 14.7 Å². The molecule has 90 valence electrons. The lowest BCUT2D eigenvalue weighted by molar-refractivity contribution is -0.150. The average Bonchev–Trinajstić information content (AvgIpc) is 2.69. The third-order valence-electron chi connectivity index (χ3n) is 2.10. The standard InChI is InChI=1S/C10H15NO5/c1-2-15-5-7(12)6-16-10(14)8-3-4-9(13)11-8/h2,7-8,12H,1,3-6H2,(H,11,13)/t7?,8-/m0/s1. The number of nitrogens with one attached hydrogen (secondary N) is 1. The van der Waals surface area contributed by atoms with E-state index in [1.807, 2.05) is 0 Å². The summed E-state index contributed by atoms with van der Waals surface area (Å²) in [5, 5.41) is 11.8. The number of esters is 1. The summed E-state index contributed by atoms with van der Waals surface area (Å²) in [6.45, 7) is 3.18. The van der Waals surface area contributed by atoms with Crippen molar-refractivity contribution in [3.63, 3.8) is 0 Å². The molecule has 0 spiro atoms. The lowest BCUT2D eigenvalue weighted by Gasteiger charge is -2.13. The Morgan fingerprint density at radius 1 is 1.69 bits per heavy atom. The number of hydrogen-bond donors (Lipinski definition) is 2. The Morgan fingerprint density at radius 3 is 3.00 bits per heavy atom. The summed E-state index contributed by atoms with van der Waals surface area (Å²) in [6.07, 6.45) is 1.08. The van der Waals surface area contributed by atoms with Gasteiger partial charge in [0.1, 0.15) is 25.4 Å². The molecule has 1 unspecified atom stereocenters. The zero-order chi connectivity index (χ0) is 12.0. The minimum Gasteiger partial charge on any atom is -0.499 e. The van der Waals surface area contributed by atoms with Gasteiger partial charge in [-0.25, -0.2) is 4.79 Å². The maximum absolute atomic E-state index is 11.4. The molecule has 1 fully saturated rings. The Kier molecular flexibility index (Phi) is 4.78. The maximum Gasteiger partial charge on any atom is 0.328 e. The van der Waals surface area contributed by atoms with E-state index in [2.05, 4.69) is 11.9 Å². The fourth-order valence-electron chi connectivity index (χ4n) is 1.30. The van der Waals surface area contributed by atoms with Crippen LogP contribution in [0, 0.1) is 0 Å². The van der Waals surface area contributed by atoms with Gasteiger partial charge in [0.25, 0.3) is 0 Å². The van der Waals surface area contributed by atoms with E-state index in [0.717, 1.165) is 0 Å². The van der Waals surface area contributed by atoms with Crippen molar-refractivity contribution in [1.82, 2.24) is 5.32 Å². The Labute approximate surface area is 93.2 Å². The fourth-order valence-corrected chi connectivity index (χ4v) is 1.30. The quantitative estimate of drug-likeness (QED) is 0.466. The van der Waals surface area contributed by atoms with Crippen molar-refractivity contribution in [2.45, 2.75) is 25.0 Å². The summed E-state index contributed by atoms with van der Waals surface area (Å²) >= 11 is 0. The molecule has 2 atom stereocenters. The van der Waals surface area contributed by atoms with Crippen molar-refractivity contribution < 1.29 is 24.2 Å². The maximum atomic E-state index is 11.4. The summed E-state index contributed by atoms with van der Waals surface area (Å²) in [5.41, 5.74) is 0. The van der Waals surface area contributed by atoms with Crippen LogP contribution >= 0.6 is 0 Å². The van der Waals surface area contributed by atoms with Gasteiger partial charge in [0.05, 0.1) is 6.26 Å². The van der Waals surface area contributed by atoms with Gasteiger partial charge < -0.3 is 19.9 Å². The molecule has 0 radical (unpaired) electrons. The Hall–Kier alpha value is -1.56. The van der Waals surface area contributed by atoms with Crippen molar-refractivity contribution in [2.75, 3.05) is 13.2 Å². The lowest BCUT2D eigenvalue weighted by atomic mass is 10.2. The van der Waals surface area contributed by atoms with Crippen LogP contribution in [0.1, 0.15) is 12.8 Å². The number of aliphatic hydroxyl groups is 1. The summed E-state index contributed by atoms with van der Waals surface area (Å²) in [4.78, 5) is 22.2. The molecule has 0 aromatic rings. The molecule has 16 heavy (non-hydrogen) atoms. The minimum absolute atomic E-state index is 0.0216. The van der Waals surface area contributed by atoms with Crippen LogP contribution in [0.4, 0.5) is 0 Å². The van der Waals surface area contributed by atoms with Crippen LogP contribution in [-0.2, 0) is 19.1 Å². The average molecular weight is 229 g/mol. The van der Waals surface area contributed by atoms with Gasteiger partial charge in [-0.2, -0.15) is 0 Å². The van der Waals surface area contributed by atoms with Gasteiger partial charge in [-0.1, -0.05) is 6.58 Å². The third kappa shape index (κ3) is 3.90. The molecule has 6 heteroatoms. The normalized spacial score (nSPS) is 21.1. The van der Waals surface area contributed by atoms with E-state index in [0.29, 0.717) is 12.8 Å². The second-order valence-electron chi connectivity index (χ2n) is 3.44. The first-order chi connectivity index (χ1) is 7.63. The summed E-state index contributed by atoms with van der Waals surface area (Å²) in [6, 6.07) is -0.583. The van der Waals surface area contributed by atoms with Gasteiger partial charge in [0.15, 0.2) is 0 Å². The van der Waals surface area contributed by atoms with Crippen LogP contribution in [0.2, 0.25) is 0 Å². The third-order valence-corrected chi connectivity index (χ3v) is 2.10. The highest BCUT2D eigenvalue weighted by atomic mass is 16.5. The Morgan fingerprint density at radius 2 is 2.44 bits per heavy atom. The Balaban J connectivity index is 2.19. The Bertz CT molecular complexity index is 278. The molecule has 2 N–H and O–H groups in total. The minimum atomic E-state index is -0.890. The molecule has 0 bridgehead atoms. The predicted octanol–water partition coefficient (Wildman–Crippen LogP) is -0.671. The van der Waals surface area contributed by atoms with Crippen molar-refractivity contribution in [2.24, 2.45) is 0 Å². The van der Waals surface area contributed by atoms with Gasteiger partial charge in [0, 0.05) is 6.42 Å². The largest absolute Gasteiger partial charge is 0.499 e. The van der Waals surface area contributed by atoms with Crippen LogP contribution in [0.25, 0.3) is 0 Å². The van der Waals surface area contributed by atoms with Crippen LogP contribution < -0.4 is 5.32 Å². The van der Waals surface area contributed by atoms with Gasteiger partial charge in [0.2, 0.25) is 5.91 Å². The topological polar surface area (TPSA) is 84.9 Å². The highest BCUT2D eigenvalue weighted by molar-refractivity contribution is 5.88. The molecule has 0 aromatic heterocycles. The van der Waals surface area contributed by atoms with Crippen LogP contribution in [0.3, 0.4) is 0 Å². The molecule has 1 amide bonds. The molecule has 0 saturated carbocycles. The zero-order valence-corrected chi connectivity index (χ0v) is 8.85. The molecule has 6 nitrogen and oxygen atoms in total. The van der Waals surface area contributed by atoms with Crippen LogP contribution in [0.15, 0.2) is 12.8 Å². The highest BCUT2D eigenvalue weighted by Gasteiger charge is 2.28. The first-order valence-electron chi connectivity index (χ1n) is 5.00. The van der Waals surface area contributed by atoms with Crippen LogP contribution in [-0.4, -0.2) is 42.3 Å². The first kappa shape index (κ1) is 12.5. The number of ether oxygens (including phenoxy) is 2. The summed E-state index contributed by atoms with van der Waals surface area (Å²) in [5.74, 6) is -0.680. The molecule has 1 aliphatic heterocycles. The van der Waals surface area contributed by atoms with Crippen molar-refractivity contribution in [3.8, 4) is 0 Å². The van der Waals surface area contributed by atoms with E-state index in [4.69, 9.17) is 9.47 Å². The number of rotatable bonds is 6. The summed E-state index contributed by atoms with van der Waals surface area (Å²) in [7, 11) is 0. The zero-order valence-electron chi connectivity index (χ0n) is 8.85. The first-order valence-corrected chi connectivity index (χ1v) is 5.00. The van der Waals surface area contributed by atoms with Gasteiger partial charge in [-0.3, -0.25) is 4.79 Å². The van der Waals surface area contributed by atoms with E-state index in [-0.39, 0.29) is 19.1 Å². The van der Waals surface area contributed by atoms with E-state index in [1.54, 1.807) is 0 Å². The summed E-state index contributed by atoms with van der Waals surface area (Å²) < 4.78 is 9.54. The van der Waals surface area contributed by atoms with Crippen molar-refractivity contribution >= 4 is 11.9 Å². The van der Waals surface area contributed by atoms with Gasteiger partial charge in [-0.15, -0.1) is 0 Å². The molecule has 1 heterocycles. The molecular formula is C10H15NO5. The number of carbonyl (C=O) groups is 2. The van der Waals surface area contributed by atoms with Crippen molar-refractivity contribution in [1.29, 1.82) is 0 Å². The molecular weight excluding hydrogens is 214 g/mol. The molecule has 1 aliphatic rings. The molecule has 1 rings (SSSR count). The highest BCUT2D eigenvalue weighted by Crippen LogP contribution is 2.08. The molecule has 0 aliphatic carbocycles. The monoisotopic (exact) mass is 229 g/mol. The van der Waals surface area contributed by atoms with E-state index in [1.165, 1.54) is 6.26 Å². The van der Waals surface area contributed by atoms with Crippen LogP contribution in [0.5, 0.6) is 0 Å². The number of aliphatic hydroxyl groups excluding tert-OH is 1. The molecule has 0 aromatic carbocycles. The predicted molar refractivity (Wildman–Crippen MR) is 54.3 cm³/mol. The number of carbonyl (C=O) groups excluding carboxylic acids is 2. The van der Waals surface area contributed by atoms with Gasteiger partial charge >= 0.3 is 5.97 Å².